The van der Waals surface area contributed by atoms with Crippen LogP contribution in [0.2, 0.25) is 0 Å². The highest BCUT2D eigenvalue weighted by Crippen LogP contribution is 2.12. The van der Waals surface area contributed by atoms with Gasteiger partial charge in [0.1, 0.15) is 6.61 Å². The van der Waals surface area contributed by atoms with Gasteiger partial charge in [-0.15, -0.1) is 0 Å². The quantitative estimate of drug-likeness (QED) is 0.643. The van der Waals surface area contributed by atoms with Gasteiger partial charge in [-0.05, 0) is 23.6 Å². The van der Waals surface area contributed by atoms with Gasteiger partial charge in [-0.25, -0.2) is 4.79 Å². The number of non-ortho nitro benzene ring substituents is 1. The number of nitrogens with zero attached hydrogens (tertiary/aromatic N) is 1. The van der Waals surface area contributed by atoms with Gasteiger partial charge in [-0.3, -0.25) is 10.1 Å². The maximum absolute atomic E-state index is 11.2. The number of nitro benzene ring substituents is 1. The second kappa shape index (κ2) is 6.58. The summed E-state index contributed by atoms with van der Waals surface area (Å²) in [5, 5.41) is 13.0. The predicted octanol–water partition coefficient (Wildman–Crippen LogP) is 2.44. The standard InChI is InChI=1S/C12H15N2O4/c1-9(2)7-13-12(15)18-8-10-3-5-11(6-4-10)14(16)17/h3-6H,7-8H2,1-2H3,(H,13,15). The Morgan fingerprint density at radius 2 is 1.94 bits per heavy atom. The Balaban J connectivity index is 2.39. The monoisotopic (exact) mass is 251 g/mol. The van der Waals surface area contributed by atoms with E-state index in [-0.39, 0.29) is 12.3 Å². The number of rotatable bonds is 5. The van der Waals surface area contributed by atoms with Crippen molar-refractivity contribution in [1.82, 2.24) is 5.32 Å². The Labute approximate surface area is 105 Å². The fraction of sp³-hybridized carbons (Fsp3) is 0.333. The van der Waals surface area contributed by atoms with E-state index in [0.717, 1.165) is 5.92 Å². The number of alkyl carbamates (subject to hydrolysis) is 1. The number of ether oxygens (including phenoxy) is 1. The van der Waals surface area contributed by atoms with E-state index in [2.05, 4.69) is 5.32 Å². The van der Waals surface area contributed by atoms with Crippen LogP contribution in [0.5, 0.6) is 0 Å². The van der Waals surface area contributed by atoms with E-state index in [1.165, 1.54) is 12.1 Å². The molecule has 6 heteroatoms. The zero-order valence-corrected chi connectivity index (χ0v) is 10.3. The summed E-state index contributed by atoms with van der Waals surface area (Å²) in [7, 11) is 0. The number of nitrogens with one attached hydrogen (secondary N) is 1. The zero-order valence-electron chi connectivity index (χ0n) is 10.3. The van der Waals surface area contributed by atoms with Crippen LogP contribution in [-0.4, -0.2) is 17.6 Å². The van der Waals surface area contributed by atoms with Crippen LogP contribution >= 0.6 is 0 Å². The lowest BCUT2D eigenvalue weighted by atomic mass is 10.2. The SMILES string of the molecule is C[C](C)CNC(=O)OCc1ccc([N+](=O)[O-])cc1. The molecular weight excluding hydrogens is 236 g/mol. The Morgan fingerprint density at radius 1 is 1.33 bits per heavy atom. The lowest BCUT2D eigenvalue weighted by molar-refractivity contribution is -0.384. The minimum atomic E-state index is -0.505. The van der Waals surface area contributed by atoms with Crippen molar-refractivity contribution in [3.63, 3.8) is 0 Å². The molecule has 18 heavy (non-hydrogen) atoms. The number of carbonyl (C=O) groups excluding carboxylic acids is 1. The second-order valence-electron chi connectivity index (χ2n) is 4.06. The van der Waals surface area contributed by atoms with Crippen LogP contribution in [0, 0.1) is 16.0 Å². The molecule has 0 unspecified atom stereocenters. The number of nitro groups is 1. The lowest BCUT2D eigenvalue weighted by Gasteiger charge is -2.08. The Bertz CT molecular complexity index is 415. The first-order valence-corrected chi connectivity index (χ1v) is 5.42. The van der Waals surface area contributed by atoms with Crippen molar-refractivity contribution < 1.29 is 14.5 Å². The van der Waals surface area contributed by atoms with Crippen molar-refractivity contribution in [3.05, 3.63) is 45.9 Å². The van der Waals surface area contributed by atoms with Gasteiger partial charge in [0.25, 0.3) is 5.69 Å². The maximum Gasteiger partial charge on any atom is 0.407 e. The first-order valence-electron chi connectivity index (χ1n) is 5.42. The van der Waals surface area contributed by atoms with E-state index in [1.807, 2.05) is 13.8 Å². The van der Waals surface area contributed by atoms with Crippen LogP contribution in [0.15, 0.2) is 24.3 Å². The van der Waals surface area contributed by atoms with E-state index in [9.17, 15) is 14.9 Å². The molecule has 1 N–H and O–H groups in total. The van der Waals surface area contributed by atoms with E-state index in [4.69, 9.17) is 4.74 Å². The highest BCUT2D eigenvalue weighted by atomic mass is 16.6. The Hall–Kier alpha value is -2.11. The number of amides is 1. The van der Waals surface area contributed by atoms with Crippen molar-refractivity contribution in [3.8, 4) is 0 Å². The molecule has 0 aliphatic carbocycles. The van der Waals surface area contributed by atoms with E-state index >= 15 is 0 Å². The first-order chi connectivity index (χ1) is 8.49. The van der Waals surface area contributed by atoms with Gasteiger partial charge >= 0.3 is 6.09 Å². The molecule has 0 aliphatic rings. The molecule has 1 radical (unpaired) electrons. The summed E-state index contributed by atoms with van der Waals surface area (Å²) in [5.74, 6) is 1.07. The molecule has 1 rings (SSSR count). The topological polar surface area (TPSA) is 81.5 Å². The van der Waals surface area contributed by atoms with Crippen LogP contribution in [0.3, 0.4) is 0 Å². The molecule has 0 heterocycles. The molecule has 1 aromatic carbocycles. The summed E-state index contributed by atoms with van der Waals surface area (Å²) in [6, 6.07) is 5.87. The van der Waals surface area contributed by atoms with Crippen LogP contribution in [0.25, 0.3) is 0 Å². The highest BCUT2D eigenvalue weighted by Gasteiger charge is 2.06. The lowest BCUT2D eigenvalue weighted by Crippen LogP contribution is -2.27. The second-order valence-corrected chi connectivity index (χ2v) is 4.06. The van der Waals surface area contributed by atoms with Crippen LogP contribution in [0.1, 0.15) is 19.4 Å². The number of hydrogen-bond donors (Lipinski definition) is 1. The van der Waals surface area contributed by atoms with Crippen LogP contribution < -0.4 is 5.32 Å². The molecule has 0 atom stereocenters. The van der Waals surface area contributed by atoms with Crippen molar-refractivity contribution in [2.24, 2.45) is 0 Å². The molecular formula is C12H15N2O4. The fourth-order valence-electron chi connectivity index (χ4n) is 1.16. The van der Waals surface area contributed by atoms with Gasteiger partial charge in [-0.2, -0.15) is 0 Å². The van der Waals surface area contributed by atoms with Crippen molar-refractivity contribution >= 4 is 11.8 Å². The molecule has 0 fully saturated rings. The molecule has 97 valence electrons. The summed E-state index contributed by atoms with van der Waals surface area (Å²) in [5.41, 5.74) is 0.715. The molecule has 6 nitrogen and oxygen atoms in total. The number of carbonyl (C=O) groups is 1. The minimum absolute atomic E-state index is 0.0133. The maximum atomic E-state index is 11.2. The van der Waals surface area contributed by atoms with Gasteiger partial charge < -0.3 is 10.1 Å². The van der Waals surface area contributed by atoms with Gasteiger partial charge in [0.2, 0.25) is 0 Å². The molecule has 0 aromatic heterocycles. The van der Waals surface area contributed by atoms with Crippen molar-refractivity contribution in [2.75, 3.05) is 6.54 Å². The van der Waals surface area contributed by atoms with Crippen LogP contribution in [-0.2, 0) is 11.3 Å². The zero-order chi connectivity index (χ0) is 13.5. The average molecular weight is 251 g/mol. The van der Waals surface area contributed by atoms with Gasteiger partial charge in [0.15, 0.2) is 0 Å². The molecule has 0 bridgehead atoms. The normalized spacial score (nSPS) is 10.2. The Kier molecular flexibility index (Phi) is 5.10. The third-order valence-electron chi connectivity index (χ3n) is 2.10. The molecule has 0 saturated carbocycles. The van der Waals surface area contributed by atoms with Crippen molar-refractivity contribution in [2.45, 2.75) is 20.5 Å². The summed E-state index contributed by atoms with van der Waals surface area (Å²) in [6.45, 7) is 4.36. The number of benzene rings is 1. The highest BCUT2D eigenvalue weighted by molar-refractivity contribution is 5.67. The fourth-order valence-corrected chi connectivity index (χ4v) is 1.16. The van der Waals surface area contributed by atoms with Gasteiger partial charge in [0.05, 0.1) is 4.92 Å². The van der Waals surface area contributed by atoms with Crippen LogP contribution in [0.4, 0.5) is 10.5 Å². The van der Waals surface area contributed by atoms with E-state index in [1.54, 1.807) is 12.1 Å². The van der Waals surface area contributed by atoms with Gasteiger partial charge in [0, 0.05) is 18.7 Å². The smallest absolute Gasteiger partial charge is 0.407 e. The summed E-state index contributed by atoms with van der Waals surface area (Å²) >= 11 is 0. The average Bonchev–Trinajstić information content (AvgIpc) is 2.34. The van der Waals surface area contributed by atoms with Crippen molar-refractivity contribution in [1.29, 1.82) is 0 Å². The predicted molar refractivity (Wildman–Crippen MR) is 65.9 cm³/mol. The first kappa shape index (κ1) is 14.0. The van der Waals surface area contributed by atoms with Gasteiger partial charge in [-0.1, -0.05) is 13.8 Å². The molecule has 1 amide bonds. The molecule has 0 spiro atoms. The third kappa shape index (κ3) is 4.82. The van der Waals surface area contributed by atoms with E-state index in [0.29, 0.717) is 12.1 Å². The summed E-state index contributed by atoms with van der Waals surface area (Å²) in [4.78, 5) is 21.2. The third-order valence-corrected chi connectivity index (χ3v) is 2.10. The summed E-state index contributed by atoms with van der Waals surface area (Å²) < 4.78 is 4.95. The molecule has 0 saturated heterocycles. The van der Waals surface area contributed by atoms with E-state index < -0.39 is 11.0 Å². The summed E-state index contributed by atoms with van der Waals surface area (Å²) in [6.07, 6.45) is -0.505. The molecule has 1 aromatic rings. The Morgan fingerprint density at radius 3 is 2.44 bits per heavy atom. The largest absolute Gasteiger partial charge is 0.445 e. The number of hydrogen-bond acceptors (Lipinski definition) is 4. The molecule has 0 aliphatic heterocycles. The minimum Gasteiger partial charge on any atom is -0.445 e.